The zero-order chi connectivity index (χ0) is 59.6. The number of rotatable bonds is 27. The normalized spacial score (nSPS) is 11.8. The van der Waals surface area contributed by atoms with Gasteiger partial charge in [-0.3, -0.25) is 9.59 Å². The van der Waals surface area contributed by atoms with E-state index in [9.17, 15) is 39.9 Å². The Labute approximate surface area is 486 Å². The van der Waals surface area contributed by atoms with Crippen LogP contribution in [0.1, 0.15) is 72.2 Å². The largest absolute Gasteiger partial charge is 0.508 e. The van der Waals surface area contributed by atoms with Crippen molar-refractivity contribution in [3.05, 3.63) is 220 Å². The van der Waals surface area contributed by atoms with E-state index in [2.05, 4.69) is 10.6 Å². The van der Waals surface area contributed by atoms with E-state index < -0.39 is 35.7 Å². The van der Waals surface area contributed by atoms with Gasteiger partial charge in [-0.15, -0.1) is 0 Å². The fourth-order valence-corrected chi connectivity index (χ4v) is 8.13. The van der Waals surface area contributed by atoms with Gasteiger partial charge in [0.2, 0.25) is 5.91 Å². The third-order valence-electron chi connectivity index (χ3n) is 12.6. The molecule has 2 atom stereocenters. The summed E-state index contributed by atoms with van der Waals surface area (Å²) in [6, 6.07) is 47.8. The molecule has 8 rings (SSSR count). The van der Waals surface area contributed by atoms with Gasteiger partial charge in [0.25, 0.3) is 0 Å². The predicted octanol–water partition coefficient (Wildman–Crippen LogP) is 11.6. The number of benzene rings is 8. The number of hydrogen-bond donors (Lipinski definition) is 7. The van der Waals surface area contributed by atoms with Crippen molar-refractivity contribution in [3.63, 3.8) is 0 Å². The van der Waals surface area contributed by atoms with E-state index in [-0.39, 0.29) is 75.7 Å². The SMILES string of the molecule is CC(NC(=O)C(Cc1ccc(OCc2cc(OCc3ccc(OCc4ccc(O)cc4)c(OCc4ccc(O)cc4)c3)cc(OCc3ccc(OCc4ccc(O)cc4)c(OCc4ccc(O)cc4)c3)c2)cc1)NC(=O)OC(C)(C)C)C(=O)O. The van der Waals surface area contributed by atoms with Crippen molar-refractivity contribution in [2.75, 3.05) is 0 Å². The van der Waals surface area contributed by atoms with Gasteiger partial charge in [0.15, 0.2) is 23.0 Å². The highest BCUT2D eigenvalue weighted by Gasteiger charge is 2.27. The van der Waals surface area contributed by atoms with Gasteiger partial charge >= 0.3 is 12.1 Å². The average molecular weight is 1140 g/mol. The van der Waals surface area contributed by atoms with Crippen molar-refractivity contribution in [2.24, 2.45) is 0 Å². The quantitative estimate of drug-likeness (QED) is 0.0253. The fourth-order valence-electron chi connectivity index (χ4n) is 8.13. The molecule has 436 valence electrons. The van der Waals surface area contributed by atoms with Crippen molar-refractivity contribution in [1.29, 1.82) is 0 Å². The molecule has 0 aliphatic carbocycles. The van der Waals surface area contributed by atoms with Gasteiger partial charge in [-0.2, -0.15) is 0 Å². The number of aliphatic carboxylic acids is 1. The summed E-state index contributed by atoms with van der Waals surface area (Å²) in [6.07, 6.45) is -0.820. The molecule has 0 saturated carbocycles. The molecule has 84 heavy (non-hydrogen) atoms. The number of carbonyl (C=O) groups excluding carboxylic acids is 2. The summed E-state index contributed by atoms with van der Waals surface area (Å²) in [4.78, 5) is 37.6. The fraction of sp³-hybridized carbons (Fsp3) is 0.227. The summed E-state index contributed by atoms with van der Waals surface area (Å²) in [7, 11) is 0. The first-order chi connectivity index (χ1) is 40.3. The summed E-state index contributed by atoms with van der Waals surface area (Å²) < 4.78 is 49.7. The Morgan fingerprint density at radius 3 is 1.13 bits per heavy atom. The molecule has 0 aromatic heterocycles. The lowest BCUT2D eigenvalue weighted by Gasteiger charge is -2.24. The standard InChI is InChI=1S/C66H66N2O16/c1-42(64(74)75)67-63(73)58(68-65(76)84-66(2,3)4)31-43-13-25-55(26-14-43)77-41-50-29-56(78-39-48-15-27-59(80-35-44-5-17-51(69)18-6-44)61(32-48)82-37-46-9-21-53(71)22-10-46)34-57(30-50)79-40-49-16-28-60(81-36-45-7-19-52(70)20-8-45)62(33-49)83-38-47-11-23-54(72)24-12-47/h5-30,32-34,42,58,69-72H,31,35-41H2,1-4H3,(H,67,73)(H,68,76)(H,74,75). The molecule has 8 aromatic carbocycles. The molecule has 0 bridgehead atoms. The summed E-state index contributed by atoms with van der Waals surface area (Å²) in [5.74, 6) is 1.88. The first-order valence-electron chi connectivity index (χ1n) is 26.9. The minimum atomic E-state index is -1.23. The highest BCUT2D eigenvalue weighted by atomic mass is 16.6. The van der Waals surface area contributed by atoms with Crippen LogP contribution in [0.4, 0.5) is 4.79 Å². The van der Waals surface area contributed by atoms with E-state index in [4.69, 9.17) is 37.9 Å². The first kappa shape index (κ1) is 59.9. The molecule has 0 saturated heterocycles. The number of aromatic hydroxyl groups is 4. The maximum absolute atomic E-state index is 13.2. The minimum Gasteiger partial charge on any atom is -0.508 e. The van der Waals surface area contributed by atoms with Crippen LogP contribution in [0, 0.1) is 0 Å². The van der Waals surface area contributed by atoms with E-state index in [1.54, 1.807) is 160 Å². The Morgan fingerprint density at radius 2 is 0.738 bits per heavy atom. The van der Waals surface area contributed by atoms with Crippen LogP contribution in [0.5, 0.6) is 63.2 Å². The number of phenols is 4. The predicted molar refractivity (Wildman–Crippen MR) is 311 cm³/mol. The van der Waals surface area contributed by atoms with E-state index >= 15 is 0 Å². The molecule has 0 radical (unpaired) electrons. The van der Waals surface area contributed by atoms with E-state index in [0.29, 0.717) is 51.4 Å². The Balaban J connectivity index is 1.02. The summed E-state index contributed by atoms with van der Waals surface area (Å²) in [5, 5.41) is 53.7. The smallest absolute Gasteiger partial charge is 0.408 e. The van der Waals surface area contributed by atoms with Crippen LogP contribution in [0.15, 0.2) is 176 Å². The molecule has 0 fully saturated rings. The van der Waals surface area contributed by atoms with Crippen LogP contribution in [0.2, 0.25) is 0 Å². The Bertz CT molecular complexity index is 3290. The topological polar surface area (TPSA) is 250 Å². The number of alkyl carbamates (subject to hydrolysis) is 1. The summed E-state index contributed by atoms with van der Waals surface area (Å²) in [6.45, 7) is 7.44. The van der Waals surface area contributed by atoms with Crippen molar-refractivity contribution in [3.8, 4) is 63.2 Å². The van der Waals surface area contributed by atoms with Gasteiger partial charge in [-0.05, 0) is 169 Å². The van der Waals surface area contributed by atoms with Gasteiger partial charge in [0.05, 0.1) is 0 Å². The van der Waals surface area contributed by atoms with Gasteiger partial charge in [-0.1, -0.05) is 72.8 Å². The second-order valence-corrected chi connectivity index (χ2v) is 20.7. The zero-order valence-electron chi connectivity index (χ0n) is 46.8. The second-order valence-electron chi connectivity index (χ2n) is 20.7. The van der Waals surface area contributed by atoms with Gasteiger partial charge in [-0.25, -0.2) is 4.79 Å². The Hall–Kier alpha value is -10.2. The molecule has 0 aliphatic rings. The molecule has 0 aliphatic heterocycles. The van der Waals surface area contributed by atoms with Crippen molar-refractivity contribution < 1.29 is 77.8 Å². The number of phenolic OH excluding ortho intramolecular Hbond substituents is 4. The van der Waals surface area contributed by atoms with Crippen LogP contribution < -0.4 is 43.8 Å². The van der Waals surface area contributed by atoms with Gasteiger partial charge in [0, 0.05) is 12.5 Å². The number of carboxylic acids is 1. The molecular weight excluding hydrogens is 1080 g/mol. The van der Waals surface area contributed by atoms with Crippen LogP contribution in [0.25, 0.3) is 0 Å². The molecule has 2 amide bonds. The van der Waals surface area contributed by atoms with E-state index in [1.165, 1.54) is 6.92 Å². The van der Waals surface area contributed by atoms with Crippen molar-refractivity contribution in [1.82, 2.24) is 10.6 Å². The lowest BCUT2D eigenvalue weighted by molar-refractivity contribution is -0.141. The van der Waals surface area contributed by atoms with Crippen molar-refractivity contribution >= 4 is 18.0 Å². The molecule has 7 N–H and O–H groups in total. The van der Waals surface area contributed by atoms with Gasteiger partial charge < -0.3 is 74.1 Å². The monoisotopic (exact) mass is 1140 g/mol. The van der Waals surface area contributed by atoms with Crippen LogP contribution in [0.3, 0.4) is 0 Å². The Kier molecular flexibility index (Phi) is 20.3. The van der Waals surface area contributed by atoms with Crippen molar-refractivity contribution in [2.45, 2.75) is 98.0 Å². The average Bonchev–Trinajstić information content (AvgIpc) is 3.55. The van der Waals surface area contributed by atoms with E-state index in [0.717, 1.165) is 33.4 Å². The minimum absolute atomic E-state index is 0.0148. The van der Waals surface area contributed by atoms with Gasteiger partial charge in [0.1, 0.15) is 104 Å². The molecule has 0 heterocycles. The number of ether oxygens (including phenoxy) is 8. The summed E-state index contributed by atoms with van der Waals surface area (Å²) in [5.41, 5.74) is 5.31. The lowest BCUT2D eigenvalue weighted by atomic mass is 10.0. The second kappa shape index (κ2) is 28.5. The number of nitrogens with one attached hydrogen (secondary N) is 2. The molecular formula is C66H66N2O16. The third-order valence-corrected chi connectivity index (χ3v) is 12.6. The van der Waals surface area contributed by atoms with E-state index in [1.807, 2.05) is 36.4 Å². The maximum atomic E-state index is 13.2. The lowest BCUT2D eigenvalue weighted by Crippen LogP contribution is -2.52. The number of hydrogen-bond acceptors (Lipinski definition) is 15. The third kappa shape index (κ3) is 18.9. The molecule has 2 unspecified atom stereocenters. The number of carbonyl (C=O) groups is 3. The molecule has 0 spiro atoms. The van der Waals surface area contributed by atoms with Crippen LogP contribution >= 0.6 is 0 Å². The highest BCUT2D eigenvalue weighted by molar-refractivity contribution is 5.89. The molecule has 18 heteroatoms. The van der Waals surface area contributed by atoms with Crippen LogP contribution in [-0.2, 0) is 67.0 Å². The number of carboxylic acid groups (broad SMARTS) is 1. The molecule has 18 nitrogen and oxygen atoms in total. The Morgan fingerprint density at radius 1 is 0.393 bits per heavy atom. The number of amides is 2. The summed E-state index contributed by atoms with van der Waals surface area (Å²) >= 11 is 0. The highest BCUT2D eigenvalue weighted by Crippen LogP contribution is 2.34. The van der Waals surface area contributed by atoms with Crippen LogP contribution in [-0.4, -0.2) is 61.2 Å². The first-order valence-corrected chi connectivity index (χ1v) is 26.9. The maximum Gasteiger partial charge on any atom is 0.408 e. The molecule has 8 aromatic rings. The zero-order valence-corrected chi connectivity index (χ0v) is 46.8.